The number of benzene rings is 1. The number of hydrogen-bond donors (Lipinski definition) is 2. The van der Waals surface area contributed by atoms with Gasteiger partial charge in [0.15, 0.2) is 0 Å². The van der Waals surface area contributed by atoms with E-state index in [9.17, 15) is 9.59 Å². The lowest BCUT2D eigenvalue weighted by atomic mass is 10.0. The lowest BCUT2D eigenvalue weighted by molar-refractivity contribution is -0.116. The van der Waals surface area contributed by atoms with Gasteiger partial charge < -0.3 is 20.2 Å². The number of oxime groups is 1. The number of hydrogen-bond acceptors (Lipinski definition) is 7. The second-order valence-corrected chi connectivity index (χ2v) is 5.77. The van der Waals surface area contributed by atoms with Crippen LogP contribution in [0.1, 0.15) is 12.5 Å². The summed E-state index contributed by atoms with van der Waals surface area (Å²) >= 11 is 0. The van der Waals surface area contributed by atoms with E-state index in [-0.39, 0.29) is 17.3 Å². The number of nitrogens with one attached hydrogen (secondary N) is 1. The summed E-state index contributed by atoms with van der Waals surface area (Å²) in [5.74, 6) is -0.429. The SMILES string of the molecule is CC(=NO)c1ccc(NC2=C(N3CCOCC3)C(=O)C=CC2=O)cc1. The summed E-state index contributed by atoms with van der Waals surface area (Å²) in [6.07, 6.45) is 2.59. The van der Waals surface area contributed by atoms with Crippen molar-refractivity contribution in [1.82, 2.24) is 4.90 Å². The zero-order valence-electron chi connectivity index (χ0n) is 13.9. The minimum atomic E-state index is -0.238. The number of nitrogens with zero attached hydrogens (tertiary/aromatic N) is 2. The third-order valence-electron chi connectivity index (χ3n) is 4.15. The minimum absolute atomic E-state index is 0.191. The second-order valence-electron chi connectivity index (χ2n) is 5.77. The Hall–Kier alpha value is -2.93. The highest BCUT2D eigenvalue weighted by Gasteiger charge is 2.28. The lowest BCUT2D eigenvalue weighted by Gasteiger charge is -2.32. The maximum absolute atomic E-state index is 12.4. The van der Waals surface area contributed by atoms with Gasteiger partial charge in [-0.3, -0.25) is 9.59 Å². The molecule has 25 heavy (non-hydrogen) atoms. The third kappa shape index (κ3) is 3.61. The molecule has 0 unspecified atom stereocenters. The number of ether oxygens (including phenoxy) is 1. The molecule has 0 atom stereocenters. The fourth-order valence-electron chi connectivity index (χ4n) is 2.77. The lowest BCUT2D eigenvalue weighted by Crippen LogP contribution is -2.40. The van der Waals surface area contributed by atoms with Gasteiger partial charge in [-0.2, -0.15) is 0 Å². The van der Waals surface area contributed by atoms with Crippen LogP contribution in [0.25, 0.3) is 0 Å². The van der Waals surface area contributed by atoms with Crippen molar-refractivity contribution < 1.29 is 19.5 Å². The first-order valence-electron chi connectivity index (χ1n) is 8.00. The van der Waals surface area contributed by atoms with Crippen LogP contribution in [0.2, 0.25) is 0 Å². The van der Waals surface area contributed by atoms with E-state index < -0.39 is 0 Å². The molecule has 2 N–H and O–H groups in total. The summed E-state index contributed by atoms with van der Waals surface area (Å²) in [5, 5.41) is 15.0. The first-order valence-corrected chi connectivity index (χ1v) is 8.00. The quantitative estimate of drug-likeness (QED) is 0.374. The maximum atomic E-state index is 12.4. The Morgan fingerprint density at radius 2 is 1.76 bits per heavy atom. The second kappa shape index (κ2) is 7.31. The molecule has 130 valence electrons. The standard InChI is InChI=1S/C18H19N3O4/c1-12(20-24)13-2-4-14(5-3-13)19-17-15(22)6-7-16(23)18(17)21-8-10-25-11-9-21/h2-7,19,24H,8-11H2,1H3. The van der Waals surface area contributed by atoms with Crippen LogP contribution in [0.3, 0.4) is 0 Å². The van der Waals surface area contributed by atoms with Gasteiger partial charge in [-0.15, -0.1) is 0 Å². The molecular weight excluding hydrogens is 322 g/mol. The summed E-state index contributed by atoms with van der Waals surface area (Å²) in [7, 11) is 0. The number of morpholine rings is 1. The number of allylic oxidation sites excluding steroid dienone is 2. The zero-order chi connectivity index (χ0) is 17.8. The molecule has 0 radical (unpaired) electrons. The van der Waals surface area contributed by atoms with E-state index >= 15 is 0 Å². The minimum Gasteiger partial charge on any atom is -0.411 e. The van der Waals surface area contributed by atoms with Crippen molar-refractivity contribution >= 4 is 23.0 Å². The molecule has 1 heterocycles. The van der Waals surface area contributed by atoms with Gasteiger partial charge in [-0.05, 0) is 36.8 Å². The molecule has 1 aliphatic carbocycles. The molecule has 1 saturated heterocycles. The van der Waals surface area contributed by atoms with Gasteiger partial charge in [0.25, 0.3) is 0 Å². The van der Waals surface area contributed by atoms with E-state index in [2.05, 4.69) is 10.5 Å². The molecule has 1 aromatic rings. The molecule has 0 saturated carbocycles. The fraction of sp³-hybridized carbons (Fsp3) is 0.278. The maximum Gasteiger partial charge on any atom is 0.204 e. The molecular formula is C18H19N3O4. The smallest absolute Gasteiger partial charge is 0.204 e. The van der Waals surface area contributed by atoms with Gasteiger partial charge in [-0.25, -0.2) is 0 Å². The van der Waals surface area contributed by atoms with Crippen LogP contribution in [0, 0.1) is 0 Å². The molecule has 3 rings (SSSR count). The molecule has 7 nitrogen and oxygen atoms in total. The van der Waals surface area contributed by atoms with E-state index in [0.29, 0.717) is 43.4 Å². The summed E-state index contributed by atoms with van der Waals surface area (Å²) < 4.78 is 5.32. The van der Waals surface area contributed by atoms with E-state index in [1.807, 2.05) is 4.90 Å². The van der Waals surface area contributed by atoms with Gasteiger partial charge in [0.2, 0.25) is 11.6 Å². The third-order valence-corrected chi connectivity index (χ3v) is 4.15. The van der Waals surface area contributed by atoms with Crippen molar-refractivity contribution in [3.05, 3.63) is 53.4 Å². The molecule has 0 spiro atoms. The summed E-state index contributed by atoms with van der Waals surface area (Å²) in [6.45, 7) is 3.87. The van der Waals surface area contributed by atoms with E-state index in [1.54, 1.807) is 31.2 Å². The van der Waals surface area contributed by atoms with E-state index in [0.717, 1.165) is 5.56 Å². The molecule has 0 bridgehead atoms. The van der Waals surface area contributed by atoms with Crippen LogP contribution < -0.4 is 5.32 Å². The largest absolute Gasteiger partial charge is 0.411 e. The summed E-state index contributed by atoms with van der Waals surface area (Å²) in [6, 6.07) is 7.09. The summed E-state index contributed by atoms with van der Waals surface area (Å²) in [5.41, 5.74) is 2.59. The van der Waals surface area contributed by atoms with Gasteiger partial charge in [0.05, 0.1) is 18.9 Å². The van der Waals surface area contributed by atoms with Crippen LogP contribution in [-0.2, 0) is 14.3 Å². The van der Waals surface area contributed by atoms with Crippen molar-refractivity contribution in [3.63, 3.8) is 0 Å². The number of ketones is 2. The number of carbonyl (C=O) groups is 2. The topological polar surface area (TPSA) is 91.2 Å². The number of anilines is 1. The highest BCUT2D eigenvalue weighted by molar-refractivity contribution is 6.21. The Kier molecular flexibility index (Phi) is 4.95. The fourth-order valence-corrected chi connectivity index (χ4v) is 2.77. The normalized spacial score (nSPS) is 18.8. The van der Waals surface area contributed by atoms with Crippen LogP contribution >= 0.6 is 0 Å². The van der Waals surface area contributed by atoms with Gasteiger partial charge in [0.1, 0.15) is 11.4 Å². The van der Waals surface area contributed by atoms with Crippen LogP contribution in [0.4, 0.5) is 5.69 Å². The predicted octanol–water partition coefficient (Wildman–Crippen LogP) is 1.55. The predicted molar refractivity (Wildman–Crippen MR) is 92.6 cm³/mol. The van der Waals surface area contributed by atoms with Crippen molar-refractivity contribution in [2.75, 3.05) is 31.6 Å². The van der Waals surface area contributed by atoms with Crippen molar-refractivity contribution in [2.24, 2.45) is 5.16 Å². The molecule has 0 amide bonds. The van der Waals surface area contributed by atoms with Crippen LogP contribution in [0.15, 0.2) is 53.0 Å². The monoisotopic (exact) mass is 341 g/mol. The molecule has 1 aromatic carbocycles. The summed E-state index contributed by atoms with van der Waals surface area (Å²) in [4.78, 5) is 26.6. The molecule has 1 fully saturated rings. The Labute approximate surface area is 145 Å². The van der Waals surface area contributed by atoms with Gasteiger partial charge >= 0.3 is 0 Å². The van der Waals surface area contributed by atoms with Crippen LogP contribution in [-0.4, -0.2) is 53.7 Å². The Bertz CT molecular complexity index is 772. The molecule has 0 aromatic heterocycles. The molecule has 2 aliphatic rings. The van der Waals surface area contributed by atoms with Gasteiger partial charge in [0, 0.05) is 18.8 Å². The average molecular weight is 341 g/mol. The van der Waals surface area contributed by atoms with Crippen molar-refractivity contribution in [1.29, 1.82) is 0 Å². The van der Waals surface area contributed by atoms with Crippen LogP contribution in [0.5, 0.6) is 0 Å². The molecule has 1 aliphatic heterocycles. The van der Waals surface area contributed by atoms with E-state index in [4.69, 9.17) is 9.94 Å². The highest BCUT2D eigenvalue weighted by atomic mass is 16.5. The highest BCUT2D eigenvalue weighted by Crippen LogP contribution is 2.22. The number of rotatable bonds is 4. The van der Waals surface area contributed by atoms with E-state index in [1.165, 1.54) is 12.2 Å². The average Bonchev–Trinajstić information content (AvgIpc) is 2.65. The first kappa shape index (κ1) is 16.9. The first-order chi connectivity index (χ1) is 12.1. The van der Waals surface area contributed by atoms with Gasteiger partial charge in [-0.1, -0.05) is 17.3 Å². The van der Waals surface area contributed by atoms with Crippen molar-refractivity contribution in [2.45, 2.75) is 6.92 Å². The van der Waals surface area contributed by atoms with Crippen molar-refractivity contribution in [3.8, 4) is 0 Å². The Morgan fingerprint density at radius 1 is 1.12 bits per heavy atom. The molecule has 7 heteroatoms. The Morgan fingerprint density at radius 3 is 2.40 bits per heavy atom. The number of carbonyl (C=O) groups excluding carboxylic acids is 2. The Balaban J connectivity index is 1.90. The zero-order valence-corrected chi connectivity index (χ0v) is 13.9.